The summed E-state index contributed by atoms with van der Waals surface area (Å²) in [5.41, 5.74) is 8.73. The Kier molecular flexibility index (Phi) is 9.52. The molecule has 7 nitrogen and oxygen atoms in total. The third-order valence-corrected chi connectivity index (χ3v) is 5.33. The van der Waals surface area contributed by atoms with Gasteiger partial charge in [-0.1, -0.05) is 13.8 Å². The minimum absolute atomic E-state index is 0. The van der Waals surface area contributed by atoms with Crippen LogP contribution >= 0.6 is 24.8 Å². The number of carbonyl (C=O) groups is 1. The zero-order valence-electron chi connectivity index (χ0n) is 16.6. The lowest BCUT2D eigenvalue weighted by Crippen LogP contribution is -2.52. The Bertz CT molecular complexity index is 832. The first kappa shape index (κ1) is 25.4. The Hall–Kier alpha value is -1.57. The number of hydrogen-bond donors (Lipinski definition) is 3. The van der Waals surface area contributed by atoms with Crippen LogP contribution in [0.5, 0.6) is 0 Å². The monoisotopic (exact) mass is 419 g/mol. The minimum atomic E-state index is -0.333. The van der Waals surface area contributed by atoms with Gasteiger partial charge in [0.1, 0.15) is 0 Å². The van der Waals surface area contributed by atoms with Crippen LogP contribution in [-0.2, 0) is 18.3 Å². The van der Waals surface area contributed by atoms with Gasteiger partial charge in [0.25, 0.3) is 5.56 Å². The molecule has 2 heterocycles. The first-order chi connectivity index (χ1) is 11.8. The van der Waals surface area contributed by atoms with Gasteiger partial charge in [0, 0.05) is 25.7 Å². The first-order valence-corrected chi connectivity index (χ1v) is 8.84. The number of fused-ring (bicyclic) bond motifs is 1. The number of aromatic amines is 1. The highest BCUT2D eigenvalue weighted by Gasteiger charge is 2.26. The van der Waals surface area contributed by atoms with E-state index in [-0.39, 0.29) is 41.8 Å². The molecule has 2 rings (SSSR count). The fourth-order valence-corrected chi connectivity index (χ4v) is 3.38. The molecule has 4 N–H and O–H groups in total. The Morgan fingerprint density at radius 1 is 1.26 bits per heavy atom. The third-order valence-electron chi connectivity index (χ3n) is 5.33. The van der Waals surface area contributed by atoms with E-state index in [1.165, 1.54) is 0 Å². The molecule has 0 atom stereocenters. The number of carbonyl (C=O) groups excluding carboxylic acids is 1. The van der Waals surface area contributed by atoms with Crippen molar-refractivity contribution in [1.82, 2.24) is 20.1 Å². The number of nitrogens with zero attached hydrogens (tertiary/aromatic N) is 2. The van der Waals surface area contributed by atoms with Gasteiger partial charge >= 0.3 is 0 Å². The standard InChI is InChI=1S/C18H29N5O2.2ClH/c1-6-18(7-2,10-19)21-14(24)9-8-13-11(3)15-16(20-12(13)4)23(5)22-17(15)25;;/h6-10,19H2,1-5H3,(H,21,24)(H,22,25);2*1H. The number of nitrogens with one attached hydrogen (secondary N) is 2. The molecule has 0 aliphatic rings. The van der Waals surface area contributed by atoms with Crippen LogP contribution in [0.25, 0.3) is 11.0 Å². The molecule has 0 radical (unpaired) electrons. The Balaban J connectivity index is 0.00000338. The number of rotatable bonds is 7. The lowest BCUT2D eigenvalue weighted by molar-refractivity contribution is -0.123. The molecule has 0 aromatic carbocycles. The van der Waals surface area contributed by atoms with Crippen LogP contribution in [0.1, 0.15) is 49.9 Å². The van der Waals surface area contributed by atoms with Crippen molar-refractivity contribution >= 4 is 41.8 Å². The largest absolute Gasteiger partial charge is 0.349 e. The van der Waals surface area contributed by atoms with Crippen LogP contribution in [0, 0.1) is 13.8 Å². The van der Waals surface area contributed by atoms with Crippen molar-refractivity contribution < 1.29 is 4.79 Å². The summed E-state index contributed by atoms with van der Waals surface area (Å²) in [6.07, 6.45) is 2.50. The van der Waals surface area contributed by atoms with Crippen molar-refractivity contribution in [2.45, 2.75) is 58.9 Å². The van der Waals surface area contributed by atoms with E-state index in [4.69, 9.17) is 5.73 Å². The van der Waals surface area contributed by atoms with E-state index in [0.29, 0.717) is 30.4 Å². The summed E-state index contributed by atoms with van der Waals surface area (Å²) in [6.45, 7) is 8.33. The highest BCUT2D eigenvalue weighted by atomic mass is 35.5. The highest BCUT2D eigenvalue weighted by Crippen LogP contribution is 2.21. The molecule has 0 aliphatic heterocycles. The lowest BCUT2D eigenvalue weighted by atomic mass is 9.92. The molecule has 0 aliphatic carbocycles. The van der Waals surface area contributed by atoms with Gasteiger partial charge in [-0.3, -0.25) is 19.4 Å². The fourth-order valence-electron chi connectivity index (χ4n) is 3.38. The molecular formula is C18H31Cl2N5O2. The van der Waals surface area contributed by atoms with E-state index in [2.05, 4.69) is 15.4 Å². The van der Waals surface area contributed by atoms with Gasteiger partial charge in [-0.15, -0.1) is 24.8 Å². The molecule has 0 unspecified atom stereocenters. The van der Waals surface area contributed by atoms with Crippen LogP contribution in [0.3, 0.4) is 0 Å². The summed E-state index contributed by atoms with van der Waals surface area (Å²) in [5, 5.41) is 6.42. The fraction of sp³-hybridized carbons (Fsp3) is 0.611. The number of hydrogen-bond acceptors (Lipinski definition) is 4. The molecule has 0 fully saturated rings. The number of nitrogens with two attached hydrogens (primary N) is 1. The molecule has 0 saturated carbocycles. The summed E-state index contributed by atoms with van der Waals surface area (Å²) in [6, 6.07) is 0. The predicted octanol–water partition coefficient (Wildman–Crippen LogP) is 2.29. The highest BCUT2D eigenvalue weighted by molar-refractivity contribution is 5.85. The van der Waals surface area contributed by atoms with Gasteiger partial charge in [-0.2, -0.15) is 0 Å². The molecule has 2 aromatic heterocycles. The summed E-state index contributed by atoms with van der Waals surface area (Å²) in [5.74, 6) is -0.0185. The van der Waals surface area contributed by atoms with E-state index < -0.39 is 0 Å². The smallest absolute Gasteiger partial charge is 0.273 e. The lowest BCUT2D eigenvalue weighted by Gasteiger charge is -2.31. The van der Waals surface area contributed by atoms with Gasteiger partial charge in [0.2, 0.25) is 5.91 Å². The van der Waals surface area contributed by atoms with Crippen molar-refractivity contribution in [2.24, 2.45) is 12.8 Å². The topological polar surface area (TPSA) is 106 Å². The van der Waals surface area contributed by atoms with Crippen LogP contribution in [0.4, 0.5) is 0 Å². The summed E-state index contributed by atoms with van der Waals surface area (Å²) < 4.78 is 1.63. The van der Waals surface area contributed by atoms with Gasteiger partial charge < -0.3 is 11.1 Å². The number of aromatic nitrogens is 3. The number of halogens is 2. The maximum atomic E-state index is 12.4. The number of amides is 1. The maximum Gasteiger partial charge on any atom is 0.273 e. The second-order valence-electron chi connectivity index (χ2n) is 6.74. The molecule has 1 amide bonds. The third kappa shape index (κ3) is 5.03. The van der Waals surface area contributed by atoms with E-state index in [9.17, 15) is 9.59 Å². The number of H-pyrrole nitrogens is 1. The quantitative estimate of drug-likeness (QED) is 0.639. The van der Waals surface area contributed by atoms with Crippen LogP contribution in [-0.4, -0.2) is 32.8 Å². The average Bonchev–Trinajstić information content (AvgIpc) is 2.86. The number of pyridine rings is 1. The average molecular weight is 420 g/mol. The molecule has 0 bridgehead atoms. The summed E-state index contributed by atoms with van der Waals surface area (Å²) in [7, 11) is 1.77. The zero-order valence-corrected chi connectivity index (χ0v) is 18.3. The molecule has 0 saturated heterocycles. The summed E-state index contributed by atoms with van der Waals surface area (Å²) in [4.78, 5) is 29.1. The number of aryl methyl sites for hydroxylation is 3. The van der Waals surface area contributed by atoms with Crippen LogP contribution in [0.2, 0.25) is 0 Å². The van der Waals surface area contributed by atoms with Crippen molar-refractivity contribution in [2.75, 3.05) is 6.54 Å². The molecule has 27 heavy (non-hydrogen) atoms. The first-order valence-electron chi connectivity index (χ1n) is 8.84. The van der Waals surface area contributed by atoms with E-state index >= 15 is 0 Å². The molecule has 154 valence electrons. The molecule has 2 aromatic rings. The minimum Gasteiger partial charge on any atom is -0.349 e. The van der Waals surface area contributed by atoms with Crippen LogP contribution in [0.15, 0.2) is 4.79 Å². The van der Waals surface area contributed by atoms with Crippen LogP contribution < -0.4 is 16.6 Å². The van der Waals surface area contributed by atoms with E-state index in [1.807, 2.05) is 27.7 Å². The van der Waals surface area contributed by atoms with E-state index in [0.717, 1.165) is 29.7 Å². The van der Waals surface area contributed by atoms with Gasteiger partial charge in [0.15, 0.2) is 5.65 Å². The predicted molar refractivity (Wildman–Crippen MR) is 114 cm³/mol. The van der Waals surface area contributed by atoms with Crippen molar-refractivity contribution in [3.8, 4) is 0 Å². The van der Waals surface area contributed by atoms with E-state index in [1.54, 1.807) is 11.7 Å². The van der Waals surface area contributed by atoms with Gasteiger partial charge in [-0.25, -0.2) is 4.98 Å². The molecular weight excluding hydrogens is 389 g/mol. The van der Waals surface area contributed by atoms with Crippen molar-refractivity contribution in [3.05, 3.63) is 27.2 Å². The maximum absolute atomic E-state index is 12.4. The zero-order chi connectivity index (χ0) is 18.8. The summed E-state index contributed by atoms with van der Waals surface area (Å²) >= 11 is 0. The second kappa shape index (κ2) is 10.1. The van der Waals surface area contributed by atoms with Gasteiger partial charge in [0.05, 0.1) is 10.9 Å². The molecule has 9 heteroatoms. The molecule has 0 spiro atoms. The SMILES string of the molecule is CCC(CC)(CN)NC(=O)CCc1c(C)nc2c(c1C)c(=O)[nH]n2C.Cl.Cl. The van der Waals surface area contributed by atoms with Crippen molar-refractivity contribution in [1.29, 1.82) is 0 Å². The van der Waals surface area contributed by atoms with Gasteiger partial charge in [-0.05, 0) is 44.2 Å². The Morgan fingerprint density at radius 3 is 2.37 bits per heavy atom. The Labute approximate surface area is 172 Å². The Morgan fingerprint density at radius 2 is 1.85 bits per heavy atom. The van der Waals surface area contributed by atoms with Crippen molar-refractivity contribution in [3.63, 3.8) is 0 Å². The second-order valence-corrected chi connectivity index (χ2v) is 6.74. The normalized spacial score (nSPS) is 11.0.